The fourth-order valence-electron chi connectivity index (χ4n) is 3.46. The molecule has 0 radical (unpaired) electrons. The van der Waals surface area contributed by atoms with Gasteiger partial charge in [-0.15, -0.1) is 0 Å². The second-order valence-corrected chi connectivity index (χ2v) is 5.65. The zero-order valence-corrected chi connectivity index (χ0v) is 11.4. The Morgan fingerprint density at radius 3 is 2.84 bits per heavy atom. The van der Waals surface area contributed by atoms with E-state index in [4.69, 9.17) is 4.74 Å². The van der Waals surface area contributed by atoms with E-state index in [1.54, 1.807) is 7.11 Å². The summed E-state index contributed by atoms with van der Waals surface area (Å²) in [5.41, 5.74) is 1.27. The maximum absolute atomic E-state index is 13.3. The van der Waals surface area contributed by atoms with Crippen LogP contribution in [0.3, 0.4) is 0 Å². The molecular weight excluding hydrogens is 243 g/mol. The second-order valence-electron chi connectivity index (χ2n) is 5.65. The van der Waals surface area contributed by atoms with Crippen LogP contribution in [0, 0.1) is 5.82 Å². The van der Waals surface area contributed by atoms with Crippen molar-refractivity contribution in [2.45, 2.75) is 31.2 Å². The molecule has 0 unspecified atom stereocenters. The molecule has 0 atom stereocenters. The zero-order valence-electron chi connectivity index (χ0n) is 11.4. The third-order valence-corrected chi connectivity index (χ3v) is 4.42. The largest absolute Gasteiger partial charge is 0.494 e. The molecule has 1 saturated heterocycles. The van der Waals surface area contributed by atoms with Crippen LogP contribution in [0.15, 0.2) is 18.2 Å². The van der Waals surface area contributed by atoms with Crippen LogP contribution in [-0.4, -0.2) is 32.3 Å². The molecule has 1 spiro atoms. The molecule has 2 fully saturated rings. The molecule has 3 rings (SSSR count). The maximum Gasteiger partial charge on any atom is 0.145 e. The van der Waals surface area contributed by atoms with Gasteiger partial charge >= 0.3 is 0 Å². The predicted octanol–water partition coefficient (Wildman–Crippen LogP) is 2.56. The van der Waals surface area contributed by atoms with Gasteiger partial charge in [0.1, 0.15) is 11.6 Å². The van der Waals surface area contributed by atoms with Crippen molar-refractivity contribution in [2.24, 2.45) is 0 Å². The van der Waals surface area contributed by atoms with Crippen LogP contribution >= 0.6 is 0 Å². The summed E-state index contributed by atoms with van der Waals surface area (Å²) in [4.78, 5) is 2.33. The maximum atomic E-state index is 13.3. The molecule has 104 valence electrons. The number of piperazine rings is 1. The van der Waals surface area contributed by atoms with Gasteiger partial charge in [0.25, 0.3) is 0 Å². The number of anilines is 1. The minimum atomic E-state index is -0.244. The lowest BCUT2D eigenvalue weighted by molar-refractivity contribution is 0.302. The summed E-state index contributed by atoms with van der Waals surface area (Å²) in [5.74, 6) is 0.390. The van der Waals surface area contributed by atoms with Crippen molar-refractivity contribution < 1.29 is 9.13 Å². The van der Waals surface area contributed by atoms with Crippen LogP contribution in [0.2, 0.25) is 0 Å². The number of ether oxygens (including phenoxy) is 1. The van der Waals surface area contributed by atoms with Gasteiger partial charge in [-0.2, -0.15) is 0 Å². The molecule has 0 bridgehead atoms. The first-order valence-corrected chi connectivity index (χ1v) is 7.06. The topological polar surface area (TPSA) is 24.5 Å². The van der Waals surface area contributed by atoms with Crippen molar-refractivity contribution >= 4 is 5.69 Å². The highest BCUT2D eigenvalue weighted by atomic mass is 19.1. The lowest BCUT2D eigenvalue weighted by Crippen LogP contribution is -2.59. The molecule has 1 saturated carbocycles. The molecule has 19 heavy (non-hydrogen) atoms. The number of halogens is 1. The first-order chi connectivity index (χ1) is 9.22. The van der Waals surface area contributed by atoms with Crippen LogP contribution in [0.4, 0.5) is 10.1 Å². The Hall–Kier alpha value is -1.29. The van der Waals surface area contributed by atoms with Crippen molar-refractivity contribution in [3.05, 3.63) is 24.0 Å². The quantitative estimate of drug-likeness (QED) is 0.888. The van der Waals surface area contributed by atoms with E-state index in [0.29, 0.717) is 5.75 Å². The second kappa shape index (κ2) is 5.00. The molecule has 2 aliphatic rings. The highest BCUT2D eigenvalue weighted by Crippen LogP contribution is 2.36. The van der Waals surface area contributed by atoms with Gasteiger partial charge in [-0.25, -0.2) is 4.39 Å². The van der Waals surface area contributed by atoms with Crippen molar-refractivity contribution in [1.82, 2.24) is 5.32 Å². The van der Waals surface area contributed by atoms with E-state index in [-0.39, 0.29) is 11.4 Å². The number of nitrogens with one attached hydrogen (secondary N) is 1. The van der Waals surface area contributed by atoms with Gasteiger partial charge in [0.05, 0.1) is 12.8 Å². The van der Waals surface area contributed by atoms with E-state index in [1.807, 2.05) is 6.07 Å². The Morgan fingerprint density at radius 1 is 1.32 bits per heavy atom. The normalized spacial score (nSPS) is 21.9. The lowest BCUT2D eigenvalue weighted by atomic mass is 9.94. The summed E-state index contributed by atoms with van der Waals surface area (Å²) in [5, 5.41) is 3.69. The van der Waals surface area contributed by atoms with E-state index < -0.39 is 0 Å². The molecule has 3 nitrogen and oxygen atoms in total. The number of hydrogen-bond donors (Lipinski definition) is 1. The van der Waals surface area contributed by atoms with Crippen molar-refractivity contribution in [1.29, 1.82) is 0 Å². The van der Waals surface area contributed by atoms with E-state index in [9.17, 15) is 4.39 Å². The Balaban J connectivity index is 1.85. The smallest absolute Gasteiger partial charge is 0.145 e. The molecular formula is C15H21FN2O. The molecule has 4 heteroatoms. The van der Waals surface area contributed by atoms with E-state index in [0.717, 1.165) is 25.3 Å². The molecule has 1 N–H and O–H groups in total. The standard InChI is InChI=1S/C15H21FN2O/c1-19-14-10-12(16)4-5-13(14)18-9-8-17-15(11-18)6-2-3-7-15/h4-5,10,17H,2-3,6-9,11H2,1H3. The zero-order chi connectivity index (χ0) is 13.3. The summed E-state index contributed by atoms with van der Waals surface area (Å²) in [6.45, 7) is 2.93. The number of rotatable bonds is 2. The first-order valence-electron chi connectivity index (χ1n) is 7.06. The van der Waals surface area contributed by atoms with E-state index in [1.165, 1.54) is 37.8 Å². The fraction of sp³-hybridized carbons (Fsp3) is 0.600. The third-order valence-electron chi connectivity index (χ3n) is 4.42. The molecule has 1 aliphatic heterocycles. The molecule has 1 heterocycles. The van der Waals surface area contributed by atoms with Gasteiger partial charge in [-0.3, -0.25) is 0 Å². The van der Waals surface area contributed by atoms with Crippen LogP contribution in [0.1, 0.15) is 25.7 Å². The molecule has 0 aromatic heterocycles. The van der Waals surface area contributed by atoms with Gasteiger partial charge in [0, 0.05) is 31.2 Å². The molecule has 1 aromatic carbocycles. The number of benzene rings is 1. The minimum absolute atomic E-state index is 0.244. The number of methoxy groups -OCH3 is 1. The average molecular weight is 264 g/mol. The van der Waals surface area contributed by atoms with Crippen molar-refractivity contribution in [3.63, 3.8) is 0 Å². The monoisotopic (exact) mass is 264 g/mol. The molecule has 0 amide bonds. The first kappa shape index (κ1) is 12.7. The Bertz CT molecular complexity index is 457. The van der Waals surface area contributed by atoms with Gasteiger partial charge in [-0.1, -0.05) is 12.8 Å². The number of nitrogens with zero attached hydrogens (tertiary/aromatic N) is 1. The summed E-state index contributed by atoms with van der Waals surface area (Å²) in [6.07, 6.45) is 5.10. The minimum Gasteiger partial charge on any atom is -0.494 e. The van der Waals surface area contributed by atoms with E-state index >= 15 is 0 Å². The summed E-state index contributed by atoms with van der Waals surface area (Å²) < 4.78 is 18.6. The fourth-order valence-corrected chi connectivity index (χ4v) is 3.46. The Labute approximate surface area is 113 Å². The summed E-state index contributed by atoms with van der Waals surface area (Å²) >= 11 is 0. The average Bonchev–Trinajstić information content (AvgIpc) is 2.86. The van der Waals surface area contributed by atoms with Crippen LogP contribution < -0.4 is 15.0 Å². The summed E-state index contributed by atoms with van der Waals surface area (Å²) in [6, 6.07) is 4.82. The Kier molecular flexibility index (Phi) is 3.35. The van der Waals surface area contributed by atoms with Gasteiger partial charge < -0.3 is 15.0 Å². The van der Waals surface area contributed by atoms with Crippen molar-refractivity contribution in [3.8, 4) is 5.75 Å². The van der Waals surface area contributed by atoms with E-state index in [2.05, 4.69) is 10.2 Å². The molecule has 1 aliphatic carbocycles. The third kappa shape index (κ3) is 2.41. The van der Waals surface area contributed by atoms with Crippen LogP contribution in [-0.2, 0) is 0 Å². The number of hydrogen-bond acceptors (Lipinski definition) is 3. The lowest BCUT2D eigenvalue weighted by Gasteiger charge is -2.43. The summed E-state index contributed by atoms with van der Waals surface area (Å²) in [7, 11) is 1.60. The van der Waals surface area contributed by atoms with Gasteiger partial charge in [-0.05, 0) is 25.0 Å². The van der Waals surface area contributed by atoms with Crippen molar-refractivity contribution in [2.75, 3.05) is 31.6 Å². The SMILES string of the molecule is COc1cc(F)ccc1N1CCNC2(CCCC2)C1. The predicted molar refractivity (Wildman–Crippen MR) is 74.4 cm³/mol. The van der Waals surface area contributed by atoms with Gasteiger partial charge in [0.15, 0.2) is 0 Å². The van der Waals surface area contributed by atoms with Gasteiger partial charge in [0.2, 0.25) is 0 Å². The van der Waals surface area contributed by atoms with Crippen LogP contribution in [0.25, 0.3) is 0 Å². The molecule has 1 aromatic rings. The highest BCUT2D eigenvalue weighted by molar-refractivity contribution is 5.59. The Morgan fingerprint density at radius 2 is 2.11 bits per heavy atom. The highest BCUT2D eigenvalue weighted by Gasteiger charge is 2.38. The van der Waals surface area contributed by atoms with Crippen LogP contribution in [0.5, 0.6) is 5.75 Å².